The van der Waals surface area contributed by atoms with Crippen LogP contribution in [0, 0.1) is 13.8 Å². The first-order chi connectivity index (χ1) is 13.8. The van der Waals surface area contributed by atoms with E-state index in [1.807, 2.05) is 44.2 Å². The van der Waals surface area contributed by atoms with Gasteiger partial charge in [-0.25, -0.2) is 8.42 Å². The van der Waals surface area contributed by atoms with Crippen molar-refractivity contribution in [3.05, 3.63) is 65.5 Å². The molecular formula is C20H21N3O5S. The maximum Gasteiger partial charge on any atom is 0.321 e. The molecule has 0 unspecified atom stereocenters. The van der Waals surface area contributed by atoms with Gasteiger partial charge in [0.2, 0.25) is 15.9 Å². The smallest absolute Gasteiger partial charge is 0.321 e. The Morgan fingerprint density at radius 2 is 1.83 bits per heavy atom. The first kappa shape index (κ1) is 20.7. The van der Waals surface area contributed by atoms with Gasteiger partial charge in [-0.3, -0.25) is 4.79 Å². The number of ether oxygens (including phenoxy) is 1. The zero-order valence-electron chi connectivity index (χ0n) is 16.2. The summed E-state index contributed by atoms with van der Waals surface area (Å²) in [7, 11) is -3.83. The van der Waals surface area contributed by atoms with Crippen molar-refractivity contribution in [1.29, 1.82) is 0 Å². The number of sulfonamides is 1. The lowest BCUT2D eigenvalue weighted by Gasteiger charge is -2.11. The highest BCUT2D eigenvalue weighted by Crippen LogP contribution is 2.22. The fourth-order valence-electron chi connectivity index (χ4n) is 2.50. The Balaban J connectivity index is 1.59. The molecule has 0 radical (unpaired) electrons. The van der Waals surface area contributed by atoms with Crippen molar-refractivity contribution in [2.45, 2.75) is 31.8 Å². The van der Waals surface area contributed by atoms with Crippen LogP contribution in [0.15, 0.2) is 57.8 Å². The summed E-state index contributed by atoms with van der Waals surface area (Å²) in [6, 6.07) is 13.9. The van der Waals surface area contributed by atoms with Gasteiger partial charge in [-0.05, 0) is 56.2 Å². The van der Waals surface area contributed by atoms with Crippen LogP contribution in [0.1, 0.15) is 30.0 Å². The van der Waals surface area contributed by atoms with E-state index in [0.29, 0.717) is 5.89 Å². The summed E-state index contributed by atoms with van der Waals surface area (Å²) in [4.78, 5) is 12.2. The molecule has 2 aromatic carbocycles. The van der Waals surface area contributed by atoms with Crippen molar-refractivity contribution in [1.82, 2.24) is 14.9 Å². The van der Waals surface area contributed by atoms with Crippen LogP contribution in [0.5, 0.6) is 0 Å². The fraction of sp³-hybridized carbons (Fsp3) is 0.250. The standard InChI is InChI=1S/C20H21N3O5S/c1-13-9-10-17(11-14(13)2)29(25,26)21-12-18(24)27-15(3)19-22-23-20(28-19)16-7-5-4-6-8-16/h4-11,15,21H,12H2,1-3H3/t15-/m1/s1. The Morgan fingerprint density at radius 3 is 2.52 bits per heavy atom. The van der Waals surface area contributed by atoms with E-state index in [1.165, 1.54) is 6.07 Å². The number of carbonyl (C=O) groups is 1. The number of hydrogen-bond acceptors (Lipinski definition) is 7. The number of nitrogens with one attached hydrogen (secondary N) is 1. The lowest BCUT2D eigenvalue weighted by molar-refractivity contribution is -0.148. The number of carbonyl (C=O) groups excluding carboxylic acids is 1. The second-order valence-electron chi connectivity index (χ2n) is 6.51. The monoisotopic (exact) mass is 415 g/mol. The minimum Gasteiger partial charge on any atom is -0.452 e. The van der Waals surface area contributed by atoms with E-state index in [9.17, 15) is 13.2 Å². The van der Waals surface area contributed by atoms with Gasteiger partial charge in [-0.15, -0.1) is 10.2 Å². The van der Waals surface area contributed by atoms with Crippen molar-refractivity contribution >= 4 is 16.0 Å². The maximum absolute atomic E-state index is 12.4. The van der Waals surface area contributed by atoms with Gasteiger partial charge in [0.05, 0.1) is 4.90 Å². The van der Waals surface area contributed by atoms with E-state index in [0.717, 1.165) is 16.7 Å². The first-order valence-corrected chi connectivity index (χ1v) is 10.4. The molecule has 3 rings (SSSR count). The van der Waals surface area contributed by atoms with Gasteiger partial charge in [0, 0.05) is 5.56 Å². The van der Waals surface area contributed by atoms with Crippen LogP contribution in [-0.4, -0.2) is 31.1 Å². The molecule has 1 heterocycles. The summed E-state index contributed by atoms with van der Waals surface area (Å²) in [5, 5.41) is 7.82. The van der Waals surface area contributed by atoms with Crippen LogP contribution in [0.25, 0.3) is 11.5 Å². The molecule has 29 heavy (non-hydrogen) atoms. The molecule has 0 amide bonds. The van der Waals surface area contributed by atoms with Gasteiger partial charge in [-0.2, -0.15) is 4.72 Å². The Kier molecular flexibility index (Phi) is 6.09. The maximum atomic E-state index is 12.4. The van der Waals surface area contributed by atoms with E-state index in [4.69, 9.17) is 9.15 Å². The van der Waals surface area contributed by atoms with Gasteiger partial charge >= 0.3 is 5.97 Å². The van der Waals surface area contributed by atoms with E-state index in [2.05, 4.69) is 14.9 Å². The lowest BCUT2D eigenvalue weighted by atomic mass is 10.1. The molecule has 0 saturated heterocycles. The summed E-state index contributed by atoms with van der Waals surface area (Å²) in [6.45, 7) is 4.76. The highest BCUT2D eigenvalue weighted by Gasteiger charge is 2.21. The number of aryl methyl sites for hydroxylation is 2. The quantitative estimate of drug-likeness (QED) is 0.591. The number of rotatable bonds is 7. The average Bonchev–Trinajstić information content (AvgIpc) is 3.20. The van der Waals surface area contributed by atoms with Crippen molar-refractivity contribution in [2.24, 2.45) is 0 Å². The molecule has 1 aromatic heterocycles. The van der Waals surface area contributed by atoms with Gasteiger partial charge in [-0.1, -0.05) is 24.3 Å². The Hall–Kier alpha value is -3.04. The largest absolute Gasteiger partial charge is 0.452 e. The van der Waals surface area contributed by atoms with Gasteiger partial charge in [0.15, 0.2) is 6.10 Å². The second kappa shape index (κ2) is 8.54. The van der Waals surface area contributed by atoms with E-state index < -0.39 is 28.6 Å². The molecule has 1 N–H and O–H groups in total. The molecule has 9 heteroatoms. The molecule has 152 valence electrons. The SMILES string of the molecule is Cc1ccc(S(=O)(=O)NCC(=O)O[C@H](C)c2nnc(-c3ccccc3)o2)cc1C. The third kappa shape index (κ3) is 5.07. The fourth-order valence-corrected chi connectivity index (χ4v) is 3.56. The molecule has 0 bridgehead atoms. The zero-order chi connectivity index (χ0) is 21.0. The number of hydrogen-bond donors (Lipinski definition) is 1. The van der Waals surface area contributed by atoms with E-state index in [-0.39, 0.29) is 10.8 Å². The molecule has 8 nitrogen and oxygen atoms in total. The zero-order valence-corrected chi connectivity index (χ0v) is 17.1. The predicted molar refractivity (Wildman–Crippen MR) is 105 cm³/mol. The average molecular weight is 415 g/mol. The van der Waals surface area contributed by atoms with Crippen LogP contribution in [0.2, 0.25) is 0 Å². The third-order valence-corrected chi connectivity index (χ3v) is 5.71. The number of benzene rings is 2. The van der Waals surface area contributed by atoms with E-state index >= 15 is 0 Å². The molecule has 3 aromatic rings. The Bertz CT molecular complexity index is 1110. The molecular weight excluding hydrogens is 394 g/mol. The molecule has 0 aliphatic carbocycles. The first-order valence-electron chi connectivity index (χ1n) is 8.91. The lowest BCUT2D eigenvalue weighted by Crippen LogP contribution is -2.31. The minimum absolute atomic E-state index is 0.0888. The Labute approximate surface area is 169 Å². The van der Waals surface area contributed by atoms with Gasteiger partial charge in [0.1, 0.15) is 6.54 Å². The molecule has 0 spiro atoms. The summed E-state index contributed by atoms with van der Waals surface area (Å²) in [6.07, 6.45) is -0.821. The summed E-state index contributed by atoms with van der Waals surface area (Å²) < 4.78 is 37.7. The summed E-state index contributed by atoms with van der Waals surface area (Å²) >= 11 is 0. The van der Waals surface area contributed by atoms with Crippen LogP contribution < -0.4 is 4.72 Å². The normalized spacial score (nSPS) is 12.5. The van der Waals surface area contributed by atoms with Crippen LogP contribution in [0.4, 0.5) is 0 Å². The minimum atomic E-state index is -3.83. The topological polar surface area (TPSA) is 111 Å². The number of aromatic nitrogens is 2. The summed E-state index contributed by atoms with van der Waals surface area (Å²) in [5.74, 6) is -0.336. The highest BCUT2D eigenvalue weighted by atomic mass is 32.2. The van der Waals surface area contributed by atoms with Crippen molar-refractivity contribution in [2.75, 3.05) is 6.54 Å². The van der Waals surface area contributed by atoms with Crippen LogP contribution in [0.3, 0.4) is 0 Å². The predicted octanol–water partition coefficient (Wildman–Crippen LogP) is 2.94. The van der Waals surface area contributed by atoms with E-state index in [1.54, 1.807) is 19.1 Å². The van der Waals surface area contributed by atoms with Gasteiger partial charge < -0.3 is 9.15 Å². The molecule has 0 aliphatic heterocycles. The third-order valence-electron chi connectivity index (χ3n) is 4.31. The van der Waals surface area contributed by atoms with Gasteiger partial charge in [0.25, 0.3) is 5.89 Å². The summed E-state index contributed by atoms with van der Waals surface area (Å²) in [5.41, 5.74) is 2.56. The second-order valence-corrected chi connectivity index (χ2v) is 8.28. The van der Waals surface area contributed by atoms with Crippen molar-refractivity contribution < 1.29 is 22.4 Å². The van der Waals surface area contributed by atoms with Crippen LogP contribution in [-0.2, 0) is 19.6 Å². The number of nitrogens with zero attached hydrogens (tertiary/aromatic N) is 2. The molecule has 1 atom stereocenters. The molecule has 0 aliphatic rings. The van der Waals surface area contributed by atoms with Crippen molar-refractivity contribution in [3.8, 4) is 11.5 Å². The highest BCUT2D eigenvalue weighted by molar-refractivity contribution is 7.89. The van der Waals surface area contributed by atoms with Crippen molar-refractivity contribution in [3.63, 3.8) is 0 Å². The number of esters is 1. The molecule has 0 fully saturated rings. The van der Waals surface area contributed by atoms with Crippen LogP contribution >= 0.6 is 0 Å². The molecule has 0 saturated carbocycles. The Morgan fingerprint density at radius 1 is 1.10 bits per heavy atom.